The lowest BCUT2D eigenvalue weighted by Crippen LogP contribution is -2.37. The lowest BCUT2D eigenvalue weighted by molar-refractivity contribution is 0.0927. The maximum atomic E-state index is 13.2. The van der Waals surface area contributed by atoms with Gasteiger partial charge in [-0.2, -0.15) is 0 Å². The molecule has 1 saturated carbocycles. The second-order valence-corrected chi connectivity index (χ2v) is 8.74. The topological polar surface area (TPSA) is 61.4 Å². The lowest BCUT2D eigenvalue weighted by Gasteiger charge is -2.25. The molecule has 5 heteroatoms. The molecule has 31 heavy (non-hydrogen) atoms. The summed E-state index contributed by atoms with van der Waals surface area (Å²) >= 11 is 0. The average molecular weight is 420 g/mol. The third-order valence-corrected chi connectivity index (χ3v) is 6.51. The van der Waals surface area contributed by atoms with Gasteiger partial charge in [0.15, 0.2) is 0 Å². The van der Waals surface area contributed by atoms with Crippen LogP contribution in [0.4, 0.5) is 11.4 Å². The van der Waals surface area contributed by atoms with Crippen molar-refractivity contribution in [2.24, 2.45) is 0 Å². The average Bonchev–Trinajstić information content (AvgIpc) is 3.34. The summed E-state index contributed by atoms with van der Waals surface area (Å²) in [5, 5.41) is 6.22. The van der Waals surface area contributed by atoms with E-state index in [-0.39, 0.29) is 17.9 Å². The summed E-state index contributed by atoms with van der Waals surface area (Å²) in [6.07, 6.45) is 8.95. The summed E-state index contributed by atoms with van der Waals surface area (Å²) in [7, 11) is 0. The van der Waals surface area contributed by atoms with Gasteiger partial charge in [-0.15, -0.1) is 0 Å². The van der Waals surface area contributed by atoms with Crippen LogP contribution in [0.2, 0.25) is 0 Å². The summed E-state index contributed by atoms with van der Waals surface area (Å²) in [6, 6.07) is 13.6. The number of hydrogen-bond acceptors (Lipinski definition) is 3. The predicted molar refractivity (Wildman–Crippen MR) is 126 cm³/mol. The summed E-state index contributed by atoms with van der Waals surface area (Å²) in [5.74, 6) is -0.188. The van der Waals surface area contributed by atoms with E-state index in [1.165, 1.54) is 24.8 Å². The molecule has 2 fully saturated rings. The van der Waals surface area contributed by atoms with Crippen LogP contribution in [0.5, 0.6) is 0 Å². The minimum atomic E-state index is -0.157. The van der Waals surface area contributed by atoms with Crippen molar-refractivity contribution in [1.29, 1.82) is 0 Å². The monoisotopic (exact) mass is 419 g/mol. The van der Waals surface area contributed by atoms with Gasteiger partial charge >= 0.3 is 0 Å². The molecule has 2 aromatic rings. The highest BCUT2D eigenvalue weighted by Crippen LogP contribution is 2.28. The first-order chi connectivity index (χ1) is 15.1. The van der Waals surface area contributed by atoms with Crippen LogP contribution in [0.3, 0.4) is 0 Å². The molecule has 2 aromatic carbocycles. The summed E-state index contributed by atoms with van der Waals surface area (Å²) in [4.78, 5) is 28.2. The maximum Gasteiger partial charge on any atom is 0.255 e. The molecule has 2 aliphatic rings. The van der Waals surface area contributed by atoms with Crippen molar-refractivity contribution in [3.8, 4) is 0 Å². The first kappa shape index (κ1) is 21.4. The van der Waals surface area contributed by atoms with E-state index in [2.05, 4.69) is 22.5 Å². The van der Waals surface area contributed by atoms with Gasteiger partial charge in [-0.25, -0.2) is 0 Å². The molecule has 164 valence electrons. The molecule has 2 N–H and O–H groups in total. The van der Waals surface area contributed by atoms with E-state index in [1.54, 1.807) is 0 Å². The third-order valence-electron chi connectivity index (χ3n) is 6.51. The number of benzene rings is 2. The first-order valence-corrected chi connectivity index (χ1v) is 11.7. The van der Waals surface area contributed by atoms with Gasteiger partial charge in [0, 0.05) is 36.1 Å². The smallest absolute Gasteiger partial charge is 0.255 e. The normalized spacial score (nSPS) is 16.9. The zero-order valence-corrected chi connectivity index (χ0v) is 18.5. The van der Waals surface area contributed by atoms with Crippen LogP contribution in [-0.4, -0.2) is 30.9 Å². The standard InChI is InChI=1S/C26H33N3O2/c1-2-19-10-12-20(13-11-19)25(30)28-22-14-15-24(29-16-6-7-17-29)23(18-22)26(31)27-21-8-4-3-5-9-21/h10-15,18,21H,2-9,16-17H2,1H3,(H,27,31)(H,28,30). The van der Waals surface area contributed by atoms with E-state index in [1.807, 2.05) is 42.5 Å². The highest BCUT2D eigenvalue weighted by atomic mass is 16.2. The van der Waals surface area contributed by atoms with Gasteiger partial charge in [-0.3, -0.25) is 9.59 Å². The van der Waals surface area contributed by atoms with Gasteiger partial charge in [0.25, 0.3) is 11.8 Å². The number of amides is 2. The highest BCUT2D eigenvalue weighted by Gasteiger charge is 2.23. The molecule has 0 aromatic heterocycles. The van der Waals surface area contributed by atoms with Crippen LogP contribution < -0.4 is 15.5 Å². The molecule has 5 nitrogen and oxygen atoms in total. The number of hydrogen-bond donors (Lipinski definition) is 2. The molecule has 2 amide bonds. The molecule has 0 spiro atoms. The Morgan fingerprint density at radius 3 is 2.29 bits per heavy atom. The second kappa shape index (κ2) is 9.99. The molecule has 1 heterocycles. The number of aryl methyl sites for hydroxylation is 1. The van der Waals surface area contributed by atoms with Gasteiger partial charge in [0.1, 0.15) is 0 Å². The second-order valence-electron chi connectivity index (χ2n) is 8.74. The zero-order valence-electron chi connectivity index (χ0n) is 18.5. The molecule has 1 aliphatic carbocycles. The predicted octanol–water partition coefficient (Wildman–Crippen LogP) is 5.16. The third kappa shape index (κ3) is 5.27. The molecule has 1 saturated heterocycles. The summed E-state index contributed by atoms with van der Waals surface area (Å²) in [6.45, 7) is 4.04. The van der Waals surface area contributed by atoms with Crippen molar-refractivity contribution >= 4 is 23.2 Å². The van der Waals surface area contributed by atoms with Gasteiger partial charge in [-0.1, -0.05) is 38.3 Å². The first-order valence-electron chi connectivity index (χ1n) is 11.7. The summed E-state index contributed by atoms with van der Waals surface area (Å²) < 4.78 is 0. The van der Waals surface area contributed by atoms with Crippen LogP contribution in [-0.2, 0) is 6.42 Å². The number of carbonyl (C=O) groups excluding carboxylic acids is 2. The fourth-order valence-electron chi connectivity index (χ4n) is 4.63. The Bertz CT molecular complexity index is 911. The fraction of sp³-hybridized carbons (Fsp3) is 0.462. The Kier molecular flexibility index (Phi) is 6.90. The number of anilines is 2. The van der Waals surface area contributed by atoms with Crippen LogP contribution >= 0.6 is 0 Å². The largest absolute Gasteiger partial charge is 0.371 e. The van der Waals surface area contributed by atoms with Crippen LogP contribution in [0, 0.1) is 0 Å². The van der Waals surface area contributed by atoms with Crippen LogP contribution in [0.15, 0.2) is 42.5 Å². The van der Waals surface area contributed by atoms with Crippen LogP contribution in [0.25, 0.3) is 0 Å². The Morgan fingerprint density at radius 1 is 0.903 bits per heavy atom. The van der Waals surface area contributed by atoms with E-state index in [0.717, 1.165) is 50.9 Å². The Morgan fingerprint density at radius 2 is 1.61 bits per heavy atom. The van der Waals surface area contributed by atoms with Crippen LogP contribution in [0.1, 0.15) is 78.1 Å². The Balaban J connectivity index is 1.54. The highest BCUT2D eigenvalue weighted by molar-refractivity contribution is 6.06. The lowest BCUT2D eigenvalue weighted by atomic mass is 9.95. The van der Waals surface area contributed by atoms with E-state index >= 15 is 0 Å². The van der Waals surface area contributed by atoms with Gasteiger partial charge in [0.2, 0.25) is 0 Å². The number of nitrogens with one attached hydrogen (secondary N) is 2. The van der Waals surface area contributed by atoms with Gasteiger partial charge in [0.05, 0.1) is 5.56 Å². The molecule has 0 atom stereocenters. The molecule has 0 unspecified atom stereocenters. The van der Waals surface area contributed by atoms with E-state index in [0.29, 0.717) is 16.8 Å². The molecule has 0 bridgehead atoms. The minimum absolute atomic E-state index is 0.0304. The van der Waals surface area contributed by atoms with Crippen molar-refractivity contribution in [3.05, 3.63) is 59.2 Å². The molecule has 0 radical (unpaired) electrons. The molecular weight excluding hydrogens is 386 g/mol. The Hall–Kier alpha value is -2.82. The quantitative estimate of drug-likeness (QED) is 0.679. The van der Waals surface area contributed by atoms with E-state index in [4.69, 9.17) is 0 Å². The Labute approximate surface area is 185 Å². The number of rotatable bonds is 6. The van der Waals surface area contributed by atoms with Crippen molar-refractivity contribution in [2.45, 2.75) is 64.3 Å². The fourth-order valence-corrected chi connectivity index (χ4v) is 4.63. The van der Waals surface area contributed by atoms with Crippen molar-refractivity contribution in [1.82, 2.24) is 5.32 Å². The van der Waals surface area contributed by atoms with E-state index < -0.39 is 0 Å². The molecular formula is C26H33N3O2. The molecule has 4 rings (SSSR count). The maximum absolute atomic E-state index is 13.2. The van der Waals surface area contributed by atoms with Crippen molar-refractivity contribution < 1.29 is 9.59 Å². The summed E-state index contributed by atoms with van der Waals surface area (Å²) in [5.41, 5.74) is 4.10. The van der Waals surface area contributed by atoms with Crippen molar-refractivity contribution in [2.75, 3.05) is 23.3 Å². The number of carbonyl (C=O) groups is 2. The zero-order chi connectivity index (χ0) is 21.6. The SMILES string of the molecule is CCc1ccc(C(=O)Nc2ccc(N3CCCC3)c(C(=O)NC3CCCCC3)c2)cc1. The van der Waals surface area contributed by atoms with Crippen molar-refractivity contribution in [3.63, 3.8) is 0 Å². The minimum Gasteiger partial charge on any atom is -0.371 e. The van der Waals surface area contributed by atoms with E-state index in [9.17, 15) is 9.59 Å². The van der Waals surface area contributed by atoms with Gasteiger partial charge in [-0.05, 0) is 68.0 Å². The number of nitrogens with zero attached hydrogens (tertiary/aromatic N) is 1. The van der Waals surface area contributed by atoms with Gasteiger partial charge < -0.3 is 15.5 Å². The molecule has 1 aliphatic heterocycles.